The quantitative estimate of drug-likeness (QED) is 0.459. The van der Waals surface area contributed by atoms with E-state index in [2.05, 4.69) is 0 Å². The van der Waals surface area contributed by atoms with E-state index in [9.17, 15) is 31.2 Å². The lowest BCUT2D eigenvalue weighted by molar-refractivity contribution is -0.153. The lowest BCUT2D eigenvalue weighted by Crippen LogP contribution is -2.50. The monoisotopic (exact) mass is 480 g/mol. The predicted molar refractivity (Wildman–Crippen MR) is 112 cm³/mol. The number of rotatable bonds is 7. The summed E-state index contributed by atoms with van der Waals surface area (Å²) < 4.78 is 49.1. The minimum absolute atomic E-state index is 0.124. The molecule has 1 aliphatic heterocycles. The molecule has 0 unspecified atom stereocenters. The van der Waals surface area contributed by atoms with E-state index in [0.29, 0.717) is 0 Å². The van der Waals surface area contributed by atoms with Crippen molar-refractivity contribution in [3.05, 3.63) is 59.7 Å². The SMILES string of the molecule is CC(C)[C@@H](C(=O)ONS(=O)(=O)c1ccccc1S(C)(=O)=O)N1C(=O)c2ccccc2C1=O. The van der Waals surface area contributed by atoms with Gasteiger partial charge in [0.1, 0.15) is 10.9 Å². The number of amides is 2. The van der Waals surface area contributed by atoms with Crippen molar-refractivity contribution in [1.82, 2.24) is 9.79 Å². The van der Waals surface area contributed by atoms with E-state index in [4.69, 9.17) is 4.84 Å². The van der Waals surface area contributed by atoms with Crippen LogP contribution in [0.5, 0.6) is 0 Å². The molecule has 1 N–H and O–H groups in total. The van der Waals surface area contributed by atoms with Crippen molar-refractivity contribution in [2.45, 2.75) is 29.7 Å². The fraction of sp³-hybridized carbons (Fsp3) is 0.250. The molecular formula is C20H20N2O8S2. The van der Waals surface area contributed by atoms with Gasteiger partial charge in [0.15, 0.2) is 9.84 Å². The van der Waals surface area contributed by atoms with Gasteiger partial charge in [0.25, 0.3) is 21.8 Å². The Balaban J connectivity index is 1.86. The smallest absolute Gasteiger partial charge is 0.349 e. The van der Waals surface area contributed by atoms with Crippen LogP contribution in [0, 0.1) is 5.92 Å². The van der Waals surface area contributed by atoms with E-state index in [0.717, 1.165) is 23.3 Å². The number of hydrogen-bond donors (Lipinski definition) is 1. The molecule has 1 aliphatic rings. The minimum Gasteiger partial charge on any atom is -0.353 e. The third-order valence-corrected chi connectivity index (χ3v) is 7.29. The normalized spacial score (nSPS) is 15.1. The van der Waals surface area contributed by atoms with Crippen LogP contribution in [-0.4, -0.2) is 51.8 Å². The molecule has 0 radical (unpaired) electrons. The Hall–Kier alpha value is -3.09. The maximum Gasteiger partial charge on any atom is 0.349 e. The maximum atomic E-state index is 12.8. The van der Waals surface area contributed by atoms with Crippen molar-refractivity contribution in [3.63, 3.8) is 0 Å². The zero-order valence-electron chi connectivity index (χ0n) is 17.3. The average Bonchev–Trinajstić information content (AvgIpc) is 2.97. The third-order valence-electron chi connectivity index (χ3n) is 4.77. The molecule has 2 aromatic rings. The number of carbonyl (C=O) groups is 3. The summed E-state index contributed by atoms with van der Waals surface area (Å²) in [5.74, 6) is -3.22. The van der Waals surface area contributed by atoms with Crippen molar-refractivity contribution in [2.24, 2.45) is 5.92 Å². The first kappa shape index (κ1) is 23.6. The van der Waals surface area contributed by atoms with Gasteiger partial charge in [-0.2, -0.15) is 0 Å². The van der Waals surface area contributed by atoms with Gasteiger partial charge in [0.05, 0.1) is 16.0 Å². The van der Waals surface area contributed by atoms with Crippen LogP contribution in [0.4, 0.5) is 0 Å². The van der Waals surface area contributed by atoms with E-state index in [1.807, 2.05) is 0 Å². The van der Waals surface area contributed by atoms with Gasteiger partial charge in [-0.25, -0.2) is 21.6 Å². The van der Waals surface area contributed by atoms with Gasteiger partial charge in [0.2, 0.25) is 0 Å². The van der Waals surface area contributed by atoms with Gasteiger partial charge in [-0.15, -0.1) is 0 Å². The fourth-order valence-corrected chi connectivity index (χ4v) is 5.73. The van der Waals surface area contributed by atoms with Crippen molar-refractivity contribution < 1.29 is 36.1 Å². The van der Waals surface area contributed by atoms with Gasteiger partial charge in [-0.05, 0) is 35.1 Å². The molecule has 0 spiro atoms. The Kier molecular flexibility index (Phi) is 6.22. The molecule has 32 heavy (non-hydrogen) atoms. The first-order valence-corrected chi connectivity index (χ1v) is 12.7. The molecule has 0 saturated carbocycles. The zero-order chi connectivity index (χ0) is 23.8. The van der Waals surface area contributed by atoms with Gasteiger partial charge < -0.3 is 4.84 Å². The first-order valence-electron chi connectivity index (χ1n) is 9.34. The number of sulfonamides is 1. The predicted octanol–water partition coefficient (Wildman–Crippen LogP) is 1.15. The maximum absolute atomic E-state index is 12.8. The van der Waals surface area contributed by atoms with Crippen LogP contribution in [-0.2, 0) is 29.5 Å². The van der Waals surface area contributed by atoms with Gasteiger partial charge in [-0.3, -0.25) is 14.5 Å². The Bertz CT molecular complexity index is 1280. The highest BCUT2D eigenvalue weighted by Crippen LogP contribution is 2.28. The second-order valence-electron chi connectivity index (χ2n) is 7.44. The van der Waals surface area contributed by atoms with Crippen LogP contribution in [0.2, 0.25) is 0 Å². The van der Waals surface area contributed by atoms with E-state index >= 15 is 0 Å². The van der Waals surface area contributed by atoms with Crippen molar-refractivity contribution in [1.29, 1.82) is 0 Å². The third kappa shape index (κ3) is 4.29. The lowest BCUT2D eigenvalue weighted by Gasteiger charge is -2.27. The number of carbonyl (C=O) groups excluding carboxylic acids is 3. The summed E-state index contributed by atoms with van der Waals surface area (Å²) in [6.07, 6.45) is 0.838. The molecule has 12 heteroatoms. The summed E-state index contributed by atoms with van der Waals surface area (Å²) >= 11 is 0. The summed E-state index contributed by atoms with van der Waals surface area (Å²) in [4.78, 5) is 44.2. The Morgan fingerprint density at radius 3 is 1.81 bits per heavy atom. The number of sulfone groups is 1. The number of hydrogen-bond acceptors (Lipinski definition) is 8. The zero-order valence-corrected chi connectivity index (χ0v) is 18.9. The summed E-state index contributed by atoms with van der Waals surface area (Å²) in [5.41, 5.74) is 0.247. The summed E-state index contributed by atoms with van der Waals surface area (Å²) in [6, 6.07) is 9.41. The van der Waals surface area contributed by atoms with Gasteiger partial charge >= 0.3 is 5.97 Å². The highest BCUT2D eigenvalue weighted by Gasteiger charge is 2.45. The molecule has 1 heterocycles. The van der Waals surface area contributed by atoms with E-state index in [1.165, 1.54) is 24.3 Å². The van der Waals surface area contributed by atoms with E-state index in [-0.39, 0.29) is 11.1 Å². The Labute approximate surface area is 185 Å². The first-order chi connectivity index (χ1) is 14.9. The number of nitrogens with zero attached hydrogens (tertiary/aromatic N) is 1. The number of fused-ring (bicyclic) bond motifs is 1. The molecule has 2 amide bonds. The molecular weight excluding hydrogens is 460 g/mol. The Morgan fingerprint density at radius 2 is 1.34 bits per heavy atom. The Morgan fingerprint density at radius 1 is 0.875 bits per heavy atom. The molecule has 1 atom stereocenters. The molecule has 3 rings (SSSR count). The van der Waals surface area contributed by atoms with E-state index in [1.54, 1.807) is 30.9 Å². The van der Waals surface area contributed by atoms with Crippen LogP contribution >= 0.6 is 0 Å². The highest BCUT2D eigenvalue weighted by atomic mass is 32.2. The standard InChI is InChI=1S/C20H20N2O8S2/c1-12(2)17(22-18(23)13-8-4-5-9-14(13)19(22)24)20(25)30-21-32(28,29)16-11-7-6-10-15(16)31(3,26)27/h4-12,17,21H,1-3H3/t17-/m0/s1. The van der Waals surface area contributed by atoms with Crippen LogP contribution in [0.15, 0.2) is 58.3 Å². The van der Waals surface area contributed by atoms with Crippen LogP contribution < -0.4 is 4.89 Å². The summed E-state index contributed by atoms with van der Waals surface area (Å²) in [6.45, 7) is 3.12. The molecule has 0 aliphatic carbocycles. The molecule has 2 aromatic carbocycles. The average molecular weight is 481 g/mol. The summed E-state index contributed by atoms with van der Waals surface area (Å²) in [7, 11) is -8.49. The number of benzene rings is 2. The largest absolute Gasteiger partial charge is 0.353 e. The summed E-state index contributed by atoms with van der Waals surface area (Å²) in [5, 5.41) is 0. The molecule has 170 valence electrons. The van der Waals surface area contributed by atoms with Crippen LogP contribution in [0.3, 0.4) is 0 Å². The van der Waals surface area contributed by atoms with Gasteiger partial charge in [-0.1, -0.05) is 38.1 Å². The molecule has 0 fully saturated rings. The second-order valence-corrected chi connectivity index (χ2v) is 11.0. The number of imide groups is 1. The molecule has 0 saturated heterocycles. The van der Waals surface area contributed by atoms with Crippen LogP contribution in [0.1, 0.15) is 34.6 Å². The van der Waals surface area contributed by atoms with Crippen molar-refractivity contribution >= 4 is 37.6 Å². The molecule has 0 aromatic heterocycles. The lowest BCUT2D eigenvalue weighted by atomic mass is 10.0. The topological polar surface area (TPSA) is 144 Å². The van der Waals surface area contributed by atoms with E-state index < -0.39 is 59.4 Å². The van der Waals surface area contributed by atoms with Crippen LogP contribution in [0.25, 0.3) is 0 Å². The van der Waals surface area contributed by atoms with Crippen molar-refractivity contribution in [2.75, 3.05) is 6.26 Å². The molecule has 10 nitrogen and oxygen atoms in total. The second kappa shape index (κ2) is 8.45. The minimum atomic E-state index is -4.59. The van der Waals surface area contributed by atoms with Gasteiger partial charge in [0, 0.05) is 6.26 Å². The highest BCUT2D eigenvalue weighted by molar-refractivity contribution is 7.93. The molecule has 0 bridgehead atoms. The van der Waals surface area contributed by atoms with Crippen molar-refractivity contribution in [3.8, 4) is 0 Å². The fourth-order valence-electron chi connectivity index (χ4n) is 3.32. The number of nitrogens with one attached hydrogen (secondary N) is 1.